The Morgan fingerprint density at radius 1 is 1.38 bits per heavy atom. The largest absolute Gasteiger partial charge is 0.358 e. The topological polar surface area (TPSA) is 75.4 Å². The minimum atomic E-state index is -0.876. The Kier molecular flexibility index (Phi) is 6.03. The summed E-state index contributed by atoms with van der Waals surface area (Å²) in [5.74, 6) is -0.344. The third kappa shape index (κ3) is 4.18. The summed E-state index contributed by atoms with van der Waals surface area (Å²) >= 11 is 0. The summed E-state index contributed by atoms with van der Waals surface area (Å²) in [6, 6.07) is 0. The molecule has 0 spiro atoms. The summed E-state index contributed by atoms with van der Waals surface area (Å²) < 4.78 is 0. The summed E-state index contributed by atoms with van der Waals surface area (Å²) in [6.07, 6.45) is 1.46. The van der Waals surface area contributed by atoms with E-state index in [1.165, 1.54) is 4.90 Å². The number of carbonyl (C=O) groups is 2. The van der Waals surface area contributed by atoms with Crippen LogP contribution in [0.4, 0.5) is 0 Å². The number of nitrogens with one attached hydrogen (secondary N) is 1. The fourth-order valence-corrected chi connectivity index (χ4v) is 1.57. The molecule has 0 heterocycles. The van der Waals surface area contributed by atoms with Crippen LogP contribution in [0.25, 0.3) is 0 Å². The van der Waals surface area contributed by atoms with Gasteiger partial charge in [-0.3, -0.25) is 9.59 Å². The predicted molar refractivity (Wildman–Crippen MR) is 63.8 cm³/mol. The van der Waals surface area contributed by atoms with Crippen molar-refractivity contribution in [1.29, 1.82) is 0 Å². The van der Waals surface area contributed by atoms with Gasteiger partial charge in [0.2, 0.25) is 11.8 Å². The molecule has 0 saturated heterocycles. The highest BCUT2D eigenvalue weighted by Crippen LogP contribution is 2.12. The van der Waals surface area contributed by atoms with Crippen LogP contribution in [0.1, 0.15) is 33.6 Å². The Bertz CT molecular complexity index is 252. The van der Waals surface area contributed by atoms with Gasteiger partial charge in [-0.05, 0) is 20.3 Å². The maximum atomic E-state index is 12.1. The maximum Gasteiger partial charge on any atom is 0.242 e. The lowest BCUT2D eigenvalue weighted by atomic mass is 9.95. The Labute approximate surface area is 97.4 Å². The average molecular weight is 229 g/mol. The monoisotopic (exact) mass is 229 g/mol. The van der Waals surface area contributed by atoms with Crippen molar-refractivity contribution in [2.45, 2.75) is 39.2 Å². The van der Waals surface area contributed by atoms with Crippen molar-refractivity contribution >= 4 is 11.8 Å². The minimum absolute atomic E-state index is 0.0718. The van der Waals surface area contributed by atoms with Gasteiger partial charge in [-0.15, -0.1) is 0 Å². The van der Waals surface area contributed by atoms with E-state index in [0.29, 0.717) is 13.0 Å². The van der Waals surface area contributed by atoms with Crippen LogP contribution in [0.5, 0.6) is 0 Å². The number of hydrogen-bond donors (Lipinski definition) is 2. The predicted octanol–water partition coefficient (Wildman–Crippen LogP) is 0.0984. The molecular weight excluding hydrogens is 206 g/mol. The van der Waals surface area contributed by atoms with E-state index in [1.807, 2.05) is 13.8 Å². The van der Waals surface area contributed by atoms with Crippen molar-refractivity contribution < 1.29 is 9.59 Å². The molecule has 0 saturated carbocycles. The summed E-state index contributed by atoms with van der Waals surface area (Å²) in [7, 11) is 1.55. The molecule has 0 bridgehead atoms. The second-order valence-electron chi connectivity index (χ2n) is 4.16. The first-order valence-corrected chi connectivity index (χ1v) is 5.67. The van der Waals surface area contributed by atoms with Crippen molar-refractivity contribution in [2.24, 2.45) is 5.73 Å². The number of likely N-dealkylation sites (N-methyl/N-ethyl adjacent to an activating group) is 2. The fraction of sp³-hybridized carbons (Fsp3) is 0.818. The van der Waals surface area contributed by atoms with Gasteiger partial charge >= 0.3 is 0 Å². The Morgan fingerprint density at radius 3 is 2.31 bits per heavy atom. The second kappa shape index (κ2) is 6.48. The van der Waals surface area contributed by atoms with Gasteiger partial charge in [0.1, 0.15) is 0 Å². The normalized spacial score (nSPS) is 14.1. The molecule has 2 amide bonds. The summed E-state index contributed by atoms with van der Waals surface area (Å²) in [5, 5.41) is 2.49. The molecular formula is C11H23N3O2. The van der Waals surface area contributed by atoms with Gasteiger partial charge in [-0.1, -0.05) is 13.3 Å². The fourth-order valence-electron chi connectivity index (χ4n) is 1.57. The molecule has 0 fully saturated rings. The Balaban J connectivity index is 4.58. The van der Waals surface area contributed by atoms with E-state index in [0.717, 1.165) is 6.42 Å². The number of amides is 2. The Hall–Kier alpha value is -1.10. The van der Waals surface area contributed by atoms with Crippen LogP contribution in [0.2, 0.25) is 0 Å². The zero-order valence-corrected chi connectivity index (χ0v) is 10.7. The van der Waals surface area contributed by atoms with E-state index in [2.05, 4.69) is 5.32 Å². The molecule has 16 heavy (non-hydrogen) atoms. The van der Waals surface area contributed by atoms with E-state index in [4.69, 9.17) is 5.73 Å². The highest BCUT2D eigenvalue weighted by Gasteiger charge is 2.31. The van der Waals surface area contributed by atoms with Crippen LogP contribution < -0.4 is 11.1 Å². The van der Waals surface area contributed by atoms with Gasteiger partial charge in [0, 0.05) is 13.6 Å². The second-order valence-corrected chi connectivity index (χ2v) is 4.16. The SMILES string of the molecule is CCCC(C)(N)C(=O)N(CC)CC(=O)NC. The maximum absolute atomic E-state index is 12.1. The molecule has 5 heteroatoms. The zero-order chi connectivity index (χ0) is 12.8. The van der Waals surface area contributed by atoms with Crippen molar-refractivity contribution in [3.05, 3.63) is 0 Å². The van der Waals surface area contributed by atoms with E-state index in [1.54, 1.807) is 14.0 Å². The molecule has 1 unspecified atom stereocenters. The van der Waals surface area contributed by atoms with Crippen LogP contribution in [-0.2, 0) is 9.59 Å². The number of nitrogens with two attached hydrogens (primary N) is 1. The van der Waals surface area contributed by atoms with Crippen LogP contribution in [0, 0.1) is 0 Å². The Morgan fingerprint density at radius 2 is 1.94 bits per heavy atom. The first-order chi connectivity index (χ1) is 7.38. The highest BCUT2D eigenvalue weighted by atomic mass is 16.2. The summed E-state index contributed by atoms with van der Waals surface area (Å²) in [5.41, 5.74) is 5.07. The van der Waals surface area contributed by atoms with Crippen LogP contribution >= 0.6 is 0 Å². The third-order valence-corrected chi connectivity index (χ3v) is 2.54. The van der Waals surface area contributed by atoms with Crippen molar-refractivity contribution in [1.82, 2.24) is 10.2 Å². The smallest absolute Gasteiger partial charge is 0.242 e. The van der Waals surface area contributed by atoms with Gasteiger partial charge in [0.05, 0.1) is 12.1 Å². The van der Waals surface area contributed by atoms with Crippen LogP contribution in [0.3, 0.4) is 0 Å². The average Bonchev–Trinajstić information content (AvgIpc) is 2.24. The standard InChI is InChI=1S/C11H23N3O2/c1-5-7-11(3,12)10(16)14(6-2)8-9(15)13-4/h5-8,12H2,1-4H3,(H,13,15). The zero-order valence-electron chi connectivity index (χ0n) is 10.7. The third-order valence-electron chi connectivity index (χ3n) is 2.54. The first-order valence-electron chi connectivity index (χ1n) is 5.67. The van der Waals surface area contributed by atoms with E-state index in [9.17, 15) is 9.59 Å². The molecule has 0 aromatic heterocycles. The molecule has 0 aliphatic heterocycles. The van der Waals surface area contributed by atoms with Crippen molar-refractivity contribution in [3.63, 3.8) is 0 Å². The molecule has 1 atom stereocenters. The van der Waals surface area contributed by atoms with Gasteiger partial charge in [-0.2, -0.15) is 0 Å². The van der Waals surface area contributed by atoms with Gasteiger partial charge in [0.25, 0.3) is 0 Å². The molecule has 5 nitrogen and oxygen atoms in total. The molecule has 0 aromatic rings. The van der Waals surface area contributed by atoms with Gasteiger partial charge < -0.3 is 16.0 Å². The van der Waals surface area contributed by atoms with Gasteiger partial charge in [0.15, 0.2) is 0 Å². The van der Waals surface area contributed by atoms with Crippen molar-refractivity contribution in [3.8, 4) is 0 Å². The lowest BCUT2D eigenvalue weighted by molar-refractivity contribution is -0.140. The number of nitrogens with zero attached hydrogens (tertiary/aromatic N) is 1. The quantitative estimate of drug-likeness (QED) is 0.678. The van der Waals surface area contributed by atoms with Crippen LogP contribution in [-0.4, -0.2) is 42.4 Å². The molecule has 0 aliphatic carbocycles. The summed E-state index contributed by atoms with van der Waals surface area (Å²) in [4.78, 5) is 24.8. The lowest BCUT2D eigenvalue weighted by Crippen LogP contribution is -2.54. The first kappa shape index (κ1) is 14.9. The molecule has 94 valence electrons. The molecule has 0 aromatic carbocycles. The number of hydrogen-bond acceptors (Lipinski definition) is 3. The van der Waals surface area contributed by atoms with E-state index < -0.39 is 5.54 Å². The number of rotatable bonds is 6. The molecule has 0 radical (unpaired) electrons. The minimum Gasteiger partial charge on any atom is -0.358 e. The van der Waals surface area contributed by atoms with E-state index >= 15 is 0 Å². The van der Waals surface area contributed by atoms with Crippen LogP contribution in [0.15, 0.2) is 0 Å². The summed E-state index contributed by atoms with van der Waals surface area (Å²) in [6.45, 7) is 6.09. The van der Waals surface area contributed by atoms with Gasteiger partial charge in [-0.25, -0.2) is 0 Å². The number of carbonyl (C=O) groups excluding carboxylic acids is 2. The molecule has 0 aliphatic rings. The lowest BCUT2D eigenvalue weighted by Gasteiger charge is -2.30. The highest BCUT2D eigenvalue weighted by molar-refractivity contribution is 5.89. The molecule has 0 rings (SSSR count). The molecule has 3 N–H and O–H groups in total. The van der Waals surface area contributed by atoms with Crippen molar-refractivity contribution in [2.75, 3.05) is 20.1 Å². The van der Waals surface area contributed by atoms with E-state index in [-0.39, 0.29) is 18.4 Å².